The van der Waals surface area contributed by atoms with Gasteiger partial charge >= 0.3 is 0 Å². The molecule has 2 aromatic rings. The summed E-state index contributed by atoms with van der Waals surface area (Å²) in [5, 5.41) is 10.8. The molecular weight excluding hydrogens is 248 g/mol. The minimum Gasteiger partial charge on any atom is -0.388 e. The van der Waals surface area contributed by atoms with Crippen molar-refractivity contribution < 1.29 is 5.11 Å². The average molecular weight is 270 g/mol. The summed E-state index contributed by atoms with van der Waals surface area (Å²) in [5.74, 6) is -0.135. The quantitative estimate of drug-likeness (QED) is 0.898. The van der Waals surface area contributed by atoms with Gasteiger partial charge in [-0.1, -0.05) is 23.8 Å². The van der Waals surface area contributed by atoms with Crippen LogP contribution in [0.3, 0.4) is 0 Å². The number of hydrogen-bond acceptors (Lipinski definition) is 3. The monoisotopic (exact) mass is 270 g/mol. The van der Waals surface area contributed by atoms with Gasteiger partial charge in [-0.25, -0.2) is 0 Å². The molecule has 0 aliphatic heterocycles. The van der Waals surface area contributed by atoms with Gasteiger partial charge in [0, 0.05) is 24.9 Å². The van der Waals surface area contributed by atoms with Gasteiger partial charge in [0.05, 0.1) is 6.10 Å². The maximum Gasteiger partial charge on any atom is 0.0876 e. The van der Waals surface area contributed by atoms with E-state index >= 15 is 0 Å². The number of benzene rings is 1. The zero-order valence-electron chi connectivity index (χ0n) is 12.3. The molecule has 1 aromatic carbocycles. The molecular formula is C17H22N2O. The Morgan fingerprint density at radius 2 is 1.85 bits per heavy atom. The van der Waals surface area contributed by atoms with E-state index in [9.17, 15) is 5.11 Å². The Morgan fingerprint density at radius 1 is 1.20 bits per heavy atom. The third-order valence-electron chi connectivity index (χ3n) is 3.78. The van der Waals surface area contributed by atoms with Gasteiger partial charge in [-0.15, -0.1) is 0 Å². The molecule has 20 heavy (non-hydrogen) atoms. The summed E-state index contributed by atoms with van der Waals surface area (Å²) in [6, 6.07) is 8.04. The molecule has 0 amide bonds. The highest BCUT2D eigenvalue weighted by atomic mass is 16.3. The number of aromatic nitrogens is 1. The fourth-order valence-electron chi connectivity index (χ4n) is 2.90. The zero-order chi connectivity index (χ0) is 14.7. The molecule has 106 valence electrons. The van der Waals surface area contributed by atoms with Crippen molar-refractivity contribution in [2.45, 2.75) is 32.8 Å². The summed E-state index contributed by atoms with van der Waals surface area (Å²) < 4.78 is 0. The summed E-state index contributed by atoms with van der Waals surface area (Å²) >= 11 is 0. The molecule has 0 saturated carbocycles. The molecule has 0 fully saturated rings. The minimum absolute atomic E-state index is 0.135. The van der Waals surface area contributed by atoms with Gasteiger partial charge in [0.2, 0.25) is 0 Å². The Hall–Kier alpha value is -1.71. The summed E-state index contributed by atoms with van der Waals surface area (Å²) in [7, 11) is 0. The highest BCUT2D eigenvalue weighted by molar-refractivity contribution is 5.40. The molecule has 2 atom stereocenters. The van der Waals surface area contributed by atoms with E-state index in [0.717, 1.165) is 22.3 Å². The summed E-state index contributed by atoms with van der Waals surface area (Å²) in [6.45, 7) is 6.53. The topological polar surface area (TPSA) is 59.1 Å². The van der Waals surface area contributed by atoms with Crippen molar-refractivity contribution in [1.82, 2.24) is 4.98 Å². The molecule has 0 saturated heterocycles. The Bertz CT molecular complexity index is 558. The van der Waals surface area contributed by atoms with Crippen LogP contribution in [-0.4, -0.2) is 16.6 Å². The zero-order valence-corrected chi connectivity index (χ0v) is 12.3. The number of nitrogens with zero attached hydrogens (tertiary/aromatic N) is 1. The number of aliphatic hydroxyl groups is 1. The summed E-state index contributed by atoms with van der Waals surface area (Å²) in [5.41, 5.74) is 11.3. The molecule has 0 aliphatic rings. The van der Waals surface area contributed by atoms with Crippen LogP contribution in [0.4, 0.5) is 0 Å². The van der Waals surface area contributed by atoms with Gasteiger partial charge in [-0.2, -0.15) is 0 Å². The van der Waals surface area contributed by atoms with Crippen LogP contribution in [0.25, 0.3) is 0 Å². The minimum atomic E-state index is -0.607. The first-order valence-corrected chi connectivity index (χ1v) is 6.90. The number of rotatable bonds is 4. The normalized spacial score (nSPS) is 14.1. The SMILES string of the molecule is Cc1cc(C)c(C(O)C(CN)c2cccnc2)c(C)c1. The van der Waals surface area contributed by atoms with Crippen molar-refractivity contribution in [3.63, 3.8) is 0 Å². The molecule has 0 spiro atoms. The molecule has 0 radical (unpaired) electrons. The fourth-order valence-corrected chi connectivity index (χ4v) is 2.90. The third-order valence-corrected chi connectivity index (χ3v) is 3.78. The Kier molecular flexibility index (Phi) is 4.53. The van der Waals surface area contributed by atoms with Gasteiger partial charge in [-0.3, -0.25) is 4.98 Å². The van der Waals surface area contributed by atoms with Gasteiger partial charge in [0.1, 0.15) is 0 Å². The van der Waals surface area contributed by atoms with E-state index in [1.807, 2.05) is 26.0 Å². The maximum atomic E-state index is 10.8. The van der Waals surface area contributed by atoms with Crippen LogP contribution >= 0.6 is 0 Å². The standard InChI is InChI=1S/C17H22N2O/c1-11-7-12(2)16(13(3)8-11)17(20)15(9-18)14-5-4-6-19-10-14/h4-8,10,15,17,20H,9,18H2,1-3H3. The van der Waals surface area contributed by atoms with Crippen LogP contribution in [-0.2, 0) is 0 Å². The maximum absolute atomic E-state index is 10.8. The largest absolute Gasteiger partial charge is 0.388 e. The molecule has 0 bridgehead atoms. The number of aliphatic hydroxyl groups excluding tert-OH is 1. The smallest absolute Gasteiger partial charge is 0.0876 e. The lowest BCUT2D eigenvalue weighted by atomic mass is 9.85. The van der Waals surface area contributed by atoms with E-state index < -0.39 is 6.10 Å². The molecule has 3 heteroatoms. The number of nitrogens with two attached hydrogens (primary N) is 1. The lowest BCUT2D eigenvalue weighted by Crippen LogP contribution is -2.21. The first kappa shape index (κ1) is 14.7. The first-order chi connectivity index (χ1) is 9.54. The van der Waals surface area contributed by atoms with E-state index in [1.165, 1.54) is 5.56 Å². The van der Waals surface area contributed by atoms with Crippen LogP contribution in [0.15, 0.2) is 36.7 Å². The van der Waals surface area contributed by atoms with Crippen molar-refractivity contribution in [2.24, 2.45) is 5.73 Å². The second-order valence-corrected chi connectivity index (χ2v) is 5.39. The van der Waals surface area contributed by atoms with E-state index in [1.54, 1.807) is 12.4 Å². The van der Waals surface area contributed by atoms with Crippen molar-refractivity contribution in [1.29, 1.82) is 0 Å². The number of pyridine rings is 1. The predicted octanol–water partition coefficient (Wildman–Crippen LogP) is 2.78. The van der Waals surface area contributed by atoms with Crippen molar-refractivity contribution >= 4 is 0 Å². The first-order valence-electron chi connectivity index (χ1n) is 6.90. The summed E-state index contributed by atoms with van der Waals surface area (Å²) in [4.78, 5) is 4.12. The van der Waals surface area contributed by atoms with Gasteiger partial charge in [0.25, 0.3) is 0 Å². The molecule has 0 aliphatic carbocycles. The molecule has 3 nitrogen and oxygen atoms in total. The molecule has 2 rings (SSSR count). The highest BCUT2D eigenvalue weighted by Crippen LogP contribution is 2.33. The lowest BCUT2D eigenvalue weighted by Gasteiger charge is -2.25. The Morgan fingerprint density at radius 3 is 2.35 bits per heavy atom. The number of aryl methyl sites for hydroxylation is 3. The van der Waals surface area contributed by atoms with E-state index in [4.69, 9.17) is 5.73 Å². The van der Waals surface area contributed by atoms with Crippen LogP contribution in [0.5, 0.6) is 0 Å². The van der Waals surface area contributed by atoms with Crippen molar-refractivity contribution in [2.75, 3.05) is 6.54 Å². The van der Waals surface area contributed by atoms with E-state index in [2.05, 4.69) is 24.0 Å². The Balaban J connectivity index is 2.42. The Labute approximate surface area is 120 Å². The molecule has 3 N–H and O–H groups in total. The summed E-state index contributed by atoms with van der Waals surface area (Å²) in [6.07, 6.45) is 2.90. The van der Waals surface area contributed by atoms with Gasteiger partial charge in [0.15, 0.2) is 0 Å². The predicted molar refractivity (Wildman–Crippen MR) is 81.6 cm³/mol. The van der Waals surface area contributed by atoms with Crippen molar-refractivity contribution in [3.8, 4) is 0 Å². The number of hydrogen-bond donors (Lipinski definition) is 2. The van der Waals surface area contributed by atoms with Gasteiger partial charge < -0.3 is 10.8 Å². The van der Waals surface area contributed by atoms with Crippen LogP contribution < -0.4 is 5.73 Å². The van der Waals surface area contributed by atoms with Crippen molar-refractivity contribution in [3.05, 3.63) is 64.5 Å². The molecule has 1 heterocycles. The third kappa shape index (κ3) is 2.89. The van der Waals surface area contributed by atoms with E-state index in [0.29, 0.717) is 6.54 Å². The van der Waals surface area contributed by atoms with E-state index in [-0.39, 0.29) is 5.92 Å². The lowest BCUT2D eigenvalue weighted by molar-refractivity contribution is 0.146. The van der Waals surface area contributed by atoms with Gasteiger partial charge in [-0.05, 0) is 49.1 Å². The second-order valence-electron chi connectivity index (χ2n) is 5.39. The molecule has 1 aromatic heterocycles. The van der Waals surface area contributed by atoms with Crippen LogP contribution in [0.1, 0.15) is 39.8 Å². The van der Waals surface area contributed by atoms with Crippen LogP contribution in [0, 0.1) is 20.8 Å². The average Bonchev–Trinajstić information content (AvgIpc) is 2.39. The second kappa shape index (κ2) is 6.16. The van der Waals surface area contributed by atoms with Crippen LogP contribution in [0.2, 0.25) is 0 Å². The highest BCUT2D eigenvalue weighted by Gasteiger charge is 2.24. The molecule has 2 unspecified atom stereocenters. The fraction of sp³-hybridized carbons (Fsp3) is 0.353.